The Hall–Kier alpha value is -3.60. The Bertz CT molecular complexity index is 1060. The molecular formula is C24H28N2O8S. The van der Waals surface area contributed by atoms with E-state index in [0.29, 0.717) is 43.2 Å². The maximum Gasteiger partial charge on any atom is 0.340 e. The van der Waals surface area contributed by atoms with Crippen LogP contribution in [0.25, 0.3) is 0 Å². The molecule has 1 aliphatic rings. The second-order valence-electron chi connectivity index (χ2n) is 7.67. The third-order valence-corrected chi connectivity index (χ3v) is 6.40. The van der Waals surface area contributed by atoms with Crippen LogP contribution in [-0.4, -0.2) is 69.2 Å². The normalized spacial score (nSPS) is 13.6. The second-order valence-corrected chi connectivity index (χ2v) is 8.62. The third-order valence-electron chi connectivity index (χ3n) is 5.53. The minimum atomic E-state index is -0.804. The highest BCUT2D eigenvalue weighted by Gasteiger charge is 2.29. The van der Waals surface area contributed by atoms with Crippen LogP contribution in [0.3, 0.4) is 0 Å². The van der Waals surface area contributed by atoms with Gasteiger partial charge in [-0.2, -0.15) is 0 Å². The van der Waals surface area contributed by atoms with Gasteiger partial charge in [0.25, 0.3) is 11.8 Å². The zero-order valence-electron chi connectivity index (χ0n) is 19.8. The molecule has 0 unspecified atom stereocenters. The number of thiophene rings is 1. The summed E-state index contributed by atoms with van der Waals surface area (Å²) in [5.74, 6) is -1.49. The maximum absolute atomic E-state index is 12.9. The van der Waals surface area contributed by atoms with Gasteiger partial charge in [-0.3, -0.25) is 14.4 Å². The number of benzene rings is 1. The topological polar surface area (TPSA) is 120 Å². The monoisotopic (exact) mass is 504 g/mol. The average molecular weight is 505 g/mol. The summed E-state index contributed by atoms with van der Waals surface area (Å²) in [4.78, 5) is 52.0. The van der Waals surface area contributed by atoms with Crippen LogP contribution < -0.4 is 14.8 Å². The standard InChI is InChI=1S/C24H28N2O8S/c1-4-33-23(29)15-7-9-26(10-8-15)21(27)14-34-24(30)16-12-18(31-2)19(32-3)13-17(16)25-22(28)20-6-5-11-35-20/h5-6,11-13,15H,4,7-10,14H2,1-3H3,(H,25,28). The van der Waals surface area contributed by atoms with Gasteiger partial charge in [-0.1, -0.05) is 6.07 Å². The van der Waals surface area contributed by atoms with Crippen molar-refractivity contribution in [1.82, 2.24) is 4.90 Å². The number of likely N-dealkylation sites (tertiary alicyclic amines) is 1. The summed E-state index contributed by atoms with van der Waals surface area (Å²) in [5.41, 5.74) is 0.176. The number of hydrogen-bond acceptors (Lipinski definition) is 9. The van der Waals surface area contributed by atoms with E-state index >= 15 is 0 Å². The summed E-state index contributed by atoms with van der Waals surface area (Å²) in [6.45, 7) is 2.34. The van der Waals surface area contributed by atoms with Crippen molar-refractivity contribution < 1.29 is 38.1 Å². The van der Waals surface area contributed by atoms with Crippen LogP contribution >= 0.6 is 11.3 Å². The molecule has 2 aromatic rings. The van der Waals surface area contributed by atoms with E-state index in [0.717, 1.165) is 0 Å². The SMILES string of the molecule is CCOC(=O)C1CCN(C(=O)COC(=O)c2cc(OC)c(OC)cc2NC(=O)c2cccs2)CC1. The minimum absolute atomic E-state index is 0.0152. The molecule has 0 aliphatic carbocycles. The van der Waals surface area contributed by atoms with Gasteiger partial charge in [-0.15, -0.1) is 11.3 Å². The fraction of sp³-hybridized carbons (Fsp3) is 0.417. The Kier molecular flexibility index (Phi) is 9.07. The number of carbonyl (C=O) groups excluding carboxylic acids is 4. The van der Waals surface area contributed by atoms with Gasteiger partial charge in [0, 0.05) is 25.2 Å². The van der Waals surface area contributed by atoms with Gasteiger partial charge in [0.15, 0.2) is 18.1 Å². The van der Waals surface area contributed by atoms with Crippen LogP contribution in [0.5, 0.6) is 11.5 Å². The molecule has 2 heterocycles. The zero-order chi connectivity index (χ0) is 25.4. The molecule has 0 spiro atoms. The van der Waals surface area contributed by atoms with E-state index in [9.17, 15) is 19.2 Å². The van der Waals surface area contributed by atoms with Crippen molar-refractivity contribution >= 4 is 40.8 Å². The molecule has 1 fully saturated rings. The Morgan fingerprint density at radius 2 is 1.74 bits per heavy atom. The van der Waals surface area contributed by atoms with E-state index in [1.54, 1.807) is 29.3 Å². The Balaban J connectivity index is 1.67. The van der Waals surface area contributed by atoms with Crippen LogP contribution in [-0.2, 0) is 19.1 Å². The van der Waals surface area contributed by atoms with Crippen LogP contribution in [0.15, 0.2) is 29.6 Å². The molecule has 1 saturated heterocycles. The van der Waals surface area contributed by atoms with Crippen molar-refractivity contribution in [2.45, 2.75) is 19.8 Å². The fourth-order valence-electron chi connectivity index (χ4n) is 3.66. The molecular weight excluding hydrogens is 476 g/mol. The van der Waals surface area contributed by atoms with Crippen LogP contribution in [0.1, 0.15) is 39.8 Å². The van der Waals surface area contributed by atoms with Crippen molar-refractivity contribution in [2.75, 3.05) is 45.8 Å². The molecule has 2 amide bonds. The van der Waals surface area contributed by atoms with Crippen LogP contribution in [0.2, 0.25) is 0 Å². The first-order chi connectivity index (χ1) is 16.9. The number of rotatable bonds is 9. The quantitative estimate of drug-likeness (QED) is 0.518. The minimum Gasteiger partial charge on any atom is -0.493 e. The van der Waals surface area contributed by atoms with E-state index in [-0.39, 0.29) is 34.8 Å². The number of methoxy groups -OCH3 is 2. The highest BCUT2D eigenvalue weighted by molar-refractivity contribution is 7.12. The number of nitrogens with zero attached hydrogens (tertiary/aromatic N) is 1. The number of hydrogen-bond donors (Lipinski definition) is 1. The molecule has 35 heavy (non-hydrogen) atoms. The summed E-state index contributed by atoms with van der Waals surface area (Å²) < 4.78 is 20.9. The van der Waals surface area contributed by atoms with E-state index in [1.807, 2.05) is 0 Å². The molecule has 188 valence electrons. The molecule has 1 aliphatic heterocycles. The molecule has 3 rings (SSSR count). The third kappa shape index (κ3) is 6.50. The van der Waals surface area contributed by atoms with Crippen molar-refractivity contribution in [3.8, 4) is 11.5 Å². The van der Waals surface area contributed by atoms with Gasteiger partial charge in [-0.25, -0.2) is 4.79 Å². The molecule has 10 nitrogen and oxygen atoms in total. The summed E-state index contributed by atoms with van der Waals surface area (Å²) in [5, 5.41) is 4.46. The molecule has 0 atom stereocenters. The summed E-state index contributed by atoms with van der Waals surface area (Å²) in [6, 6.07) is 6.25. The Morgan fingerprint density at radius 1 is 1.06 bits per heavy atom. The van der Waals surface area contributed by atoms with Gasteiger partial charge in [0.05, 0.1) is 42.9 Å². The lowest BCUT2D eigenvalue weighted by molar-refractivity contribution is -0.151. The highest BCUT2D eigenvalue weighted by atomic mass is 32.1. The second kappa shape index (κ2) is 12.2. The predicted octanol–water partition coefficient (Wildman–Crippen LogP) is 2.98. The average Bonchev–Trinajstić information content (AvgIpc) is 3.42. The van der Waals surface area contributed by atoms with Gasteiger partial charge in [0.1, 0.15) is 0 Å². The van der Waals surface area contributed by atoms with E-state index < -0.39 is 18.5 Å². The molecule has 0 bridgehead atoms. The number of ether oxygens (including phenoxy) is 4. The van der Waals surface area contributed by atoms with Gasteiger partial charge < -0.3 is 29.2 Å². The predicted molar refractivity (Wildman–Crippen MR) is 128 cm³/mol. The lowest BCUT2D eigenvalue weighted by Gasteiger charge is -2.30. The van der Waals surface area contributed by atoms with Crippen molar-refractivity contribution in [1.29, 1.82) is 0 Å². The van der Waals surface area contributed by atoms with Gasteiger partial charge in [0.2, 0.25) is 0 Å². The highest BCUT2D eigenvalue weighted by Crippen LogP contribution is 2.34. The lowest BCUT2D eigenvalue weighted by atomic mass is 9.97. The smallest absolute Gasteiger partial charge is 0.340 e. The molecule has 1 aromatic carbocycles. The van der Waals surface area contributed by atoms with Crippen LogP contribution in [0, 0.1) is 5.92 Å². The number of esters is 2. The van der Waals surface area contributed by atoms with Gasteiger partial charge >= 0.3 is 11.9 Å². The first-order valence-corrected chi connectivity index (χ1v) is 12.0. The number of amides is 2. The zero-order valence-corrected chi connectivity index (χ0v) is 20.6. The lowest BCUT2D eigenvalue weighted by Crippen LogP contribution is -2.42. The van der Waals surface area contributed by atoms with Gasteiger partial charge in [-0.05, 0) is 31.2 Å². The first-order valence-electron chi connectivity index (χ1n) is 11.1. The van der Waals surface area contributed by atoms with E-state index in [1.165, 1.54) is 37.7 Å². The van der Waals surface area contributed by atoms with E-state index in [4.69, 9.17) is 18.9 Å². The molecule has 0 radical (unpaired) electrons. The summed E-state index contributed by atoms with van der Waals surface area (Å²) in [6.07, 6.45) is 0.986. The maximum atomic E-state index is 12.9. The van der Waals surface area contributed by atoms with Crippen molar-refractivity contribution in [3.05, 3.63) is 40.1 Å². The first kappa shape index (κ1) is 26.0. The molecule has 11 heteroatoms. The summed E-state index contributed by atoms with van der Waals surface area (Å²) in [7, 11) is 2.85. The summed E-state index contributed by atoms with van der Waals surface area (Å²) >= 11 is 1.25. The molecule has 0 saturated carbocycles. The van der Waals surface area contributed by atoms with Crippen molar-refractivity contribution in [3.63, 3.8) is 0 Å². The van der Waals surface area contributed by atoms with Crippen molar-refractivity contribution in [2.24, 2.45) is 5.92 Å². The Labute approximate surface area is 207 Å². The van der Waals surface area contributed by atoms with Crippen LogP contribution in [0.4, 0.5) is 5.69 Å². The fourth-order valence-corrected chi connectivity index (χ4v) is 4.28. The van der Waals surface area contributed by atoms with E-state index in [2.05, 4.69) is 5.32 Å². The molecule has 1 aromatic heterocycles. The Morgan fingerprint density at radius 3 is 2.34 bits per heavy atom. The number of piperidine rings is 1. The number of carbonyl (C=O) groups is 4. The number of nitrogens with one attached hydrogen (secondary N) is 1. The largest absolute Gasteiger partial charge is 0.493 e. The molecule has 1 N–H and O–H groups in total. The number of anilines is 1.